The van der Waals surface area contributed by atoms with Gasteiger partial charge in [-0.1, -0.05) is 30.3 Å². The smallest absolute Gasteiger partial charge is 0.207 e. The van der Waals surface area contributed by atoms with Crippen molar-refractivity contribution in [3.8, 4) is 6.07 Å². The van der Waals surface area contributed by atoms with Gasteiger partial charge in [-0.3, -0.25) is 0 Å². The maximum Gasteiger partial charge on any atom is 0.207 e. The van der Waals surface area contributed by atoms with E-state index in [1.807, 2.05) is 0 Å². The molecular formula is C9H7Cl2NO. The highest BCUT2D eigenvalue weighted by Gasteiger charge is 2.36. The van der Waals surface area contributed by atoms with Gasteiger partial charge in [0.15, 0.2) is 4.84 Å². The molecule has 0 radical (unpaired) electrons. The first-order valence-electron chi connectivity index (χ1n) is 3.58. The molecule has 0 aromatic heterocycles. The average Bonchev–Trinajstić information content (AvgIpc) is 2.17. The molecule has 1 N–H and O–H groups in total. The first-order valence-corrected chi connectivity index (χ1v) is 4.46. The van der Waals surface area contributed by atoms with Crippen molar-refractivity contribution in [2.75, 3.05) is 0 Å². The van der Waals surface area contributed by atoms with Gasteiger partial charge in [0.25, 0.3) is 0 Å². The average molecular weight is 216 g/mol. The molecule has 0 aliphatic rings. The largest absolute Gasteiger partial charge is 0.369 e. The summed E-state index contributed by atoms with van der Waals surface area (Å²) in [5, 5.41) is 18.5. The van der Waals surface area contributed by atoms with E-state index in [2.05, 4.69) is 0 Å². The van der Waals surface area contributed by atoms with Crippen LogP contribution in [0.5, 0.6) is 0 Å². The minimum Gasteiger partial charge on any atom is -0.369 e. The maximum atomic E-state index is 9.74. The van der Waals surface area contributed by atoms with Gasteiger partial charge in [0.05, 0.1) is 0 Å². The van der Waals surface area contributed by atoms with Crippen molar-refractivity contribution in [3.63, 3.8) is 0 Å². The molecule has 1 rings (SSSR count). The first-order chi connectivity index (χ1) is 6.11. The van der Waals surface area contributed by atoms with Crippen LogP contribution in [0, 0.1) is 11.3 Å². The van der Waals surface area contributed by atoms with E-state index in [1.165, 1.54) is 0 Å². The van der Waals surface area contributed by atoms with Crippen LogP contribution in [0.25, 0.3) is 0 Å². The van der Waals surface area contributed by atoms with Crippen LogP contribution in [-0.2, 0) is 5.60 Å². The number of hydrogen-bond donors (Lipinski definition) is 1. The van der Waals surface area contributed by atoms with Gasteiger partial charge in [-0.25, -0.2) is 0 Å². The lowest BCUT2D eigenvalue weighted by Gasteiger charge is -2.21. The molecule has 0 unspecified atom stereocenters. The van der Waals surface area contributed by atoms with E-state index in [-0.39, 0.29) is 0 Å². The van der Waals surface area contributed by atoms with Crippen molar-refractivity contribution in [1.29, 1.82) is 5.26 Å². The maximum absolute atomic E-state index is 9.74. The molecule has 0 saturated carbocycles. The summed E-state index contributed by atoms with van der Waals surface area (Å²) in [5.74, 6) is 0. The van der Waals surface area contributed by atoms with Crippen LogP contribution in [0.1, 0.15) is 5.56 Å². The molecular weight excluding hydrogens is 209 g/mol. The highest BCUT2D eigenvalue weighted by Crippen LogP contribution is 2.30. The van der Waals surface area contributed by atoms with Crippen molar-refractivity contribution < 1.29 is 5.11 Å². The van der Waals surface area contributed by atoms with Crippen molar-refractivity contribution in [1.82, 2.24) is 0 Å². The molecule has 0 bridgehead atoms. The fraction of sp³-hybridized carbons (Fsp3) is 0.222. The molecule has 2 nitrogen and oxygen atoms in total. The van der Waals surface area contributed by atoms with E-state index in [1.54, 1.807) is 36.4 Å². The second-order valence-electron chi connectivity index (χ2n) is 2.54. The molecule has 0 amide bonds. The zero-order valence-electron chi connectivity index (χ0n) is 6.61. The van der Waals surface area contributed by atoms with Gasteiger partial charge in [-0.15, -0.1) is 23.2 Å². The van der Waals surface area contributed by atoms with Gasteiger partial charge >= 0.3 is 0 Å². The summed E-state index contributed by atoms with van der Waals surface area (Å²) in [6.07, 6.45) is 0. The molecule has 0 spiro atoms. The summed E-state index contributed by atoms with van der Waals surface area (Å²) < 4.78 is 0. The van der Waals surface area contributed by atoms with Crippen molar-refractivity contribution in [2.24, 2.45) is 0 Å². The van der Waals surface area contributed by atoms with Crippen LogP contribution < -0.4 is 0 Å². The molecule has 68 valence electrons. The third kappa shape index (κ3) is 1.94. The lowest BCUT2D eigenvalue weighted by atomic mass is 9.98. The van der Waals surface area contributed by atoms with Crippen LogP contribution in [-0.4, -0.2) is 9.94 Å². The number of aliphatic hydroxyl groups is 1. The van der Waals surface area contributed by atoms with Crippen LogP contribution in [0.3, 0.4) is 0 Å². The van der Waals surface area contributed by atoms with Crippen LogP contribution in [0.15, 0.2) is 30.3 Å². The summed E-state index contributed by atoms with van der Waals surface area (Å²) in [6.45, 7) is 0. The predicted octanol–water partition coefficient (Wildman–Crippen LogP) is 2.20. The number of nitriles is 1. The summed E-state index contributed by atoms with van der Waals surface area (Å²) in [6, 6.07) is 10.1. The van der Waals surface area contributed by atoms with Gasteiger partial charge in [0.1, 0.15) is 6.07 Å². The molecule has 0 heterocycles. The Hall–Kier alpha value is -0.750. The highest BCUT2D eigenvalue weighted by atomic mass is 35.5. The van der Waals surface area contributed by atoms with Crippen molar-refractivity contribution in [3.05, 3.63) is 35.9 Å². The summed E-state index contributed by atoms with van der Waals surface area (Å²) in [7, 11) is 0. The molecule has 0 saturated heterocycles. The zero-order chi connectivity index (χ0) is 9.90. The SMILES string of the molecule is N#C[C@@](O)(c1ccccc1)C(Cl)Cl. The third-order valence-electron chi connectivity index (χ3n) is 1.70. The van der Waals surface area contributed by atoms with E-state index in [9.17, 15) is 5.11 Å². The fourth-order valence-corrected chi connectivity index (χ4v) is 1.28. The Labute approximate surface area is 86.3 Å². The monoisotopic (exact) mass is 215 g/mol. The minimum atomic E-state index is -1.83. The van der Waals surface area contributed by atoms with Gasteiger partial charge < -0.3 is 5.11 Å². The Bertz CT molecular complexity index is 320. The minimum absolute atomic E-state index is 0.396. The Kier molecular flexibility index (Phi) is 3.16. The quantitative estimate of drug-likeness (QED) is 0.608. The van der Waals surface area contributed by atoms with Crippen molar-refractivity contribution >= 4 is 23.2 Å². The Morgan fingerprint density at radius 2 is 1.85 bits per heavy atom. The van der Waals surface area contributed by atoms with E-state index in [0.717, 1.165) is 0 Å². The normalized spacial score (nSPS) is 15.0. The van der Waals surface area contributed by atoms with E-state index >= 15 is 0 Å². The fourth-order valence-electron chi connectivity index (χ4n) is 0.932. The summed E-state index contributed by atoms with van der Waals surface area (Å²) >= 11 is 11.0. The Morgan fingerprint density at radius 1 is 1.31 bits per heavy atom. The first kappa shape index (κ1) is 10.3. The number of alkyl halides is 2. The number of halogens is 2. The Morgan fingerprint density at radius 3 is 2.23 bits per heavy atom. The third-order valence-corrected chi connectivity index (χ3v) is 2.33. The van der Waals surface area contributed by atoms with E-state index in [4.69, 9.17) is 28.5 Å². The standard InChI is InChI=1S/C9H7Cl2NO/c10-8(11)9(13,6-12)7-4-2-1-3-5-7/h1-5,8,13H/t9-/m1/s1. The molecule has 1 atom stereocenters. The van der Waals surface area contributed by atoms with Crippen LogP contribution in [0.4, 0.5) is 0 Å². The molecule has 0 fully saturated rings. The van der Waals surface area contributed by atoms with Crippen LogP contribution in [0.2, 0.25) is 0 Å². The predicted molar refractivity (Wildman–Crippen MR) is 51.4 cm³/mol. The molecule has 0 aliphatic carbocycles. The van der Waals surface area contributed by atoms with Crippen LogP contribution >= 0.6 is 23.2 Å². The van der Waals surface area contributed by atoms with Gasteiger partial charge in [0.2, 0.25) is 5.60 Å². The Balaban J connectivity index is 3.13. The van der Waals surface area contributed by atoms with E-state index in [0.29, 0.717) is 5.56 Å². The number of benzene rings is 1. The molecule has 1 aromatic carbocycles. The topological polar surface area (TPSA) is 44.0 Å². The molecule has 13 heavy (non-hydrogen) atoms. The zero-order valence-corrected chi connectivity index (χ0v) is 8.13. The number of nitrogens with zero attached hydrogens (tertiary/aromatic N) is 1. The molecule has 0 aliphatic heterocycles. The number of hydrogen-bond acceptors (Lipinski definition) is 2. The second kappa shape index (κ2) is 3.97. The van der Waals surface area contributed by atoms with Crippen molar-refractivity contribution in [2.45, 2.75) is 10.4 Å². The number of rotatable bonds is 2. The van der Waals surface area contributed by atoms with Gasteiger partial charge in [-0.2, -0.15) is 5.26 Å². The van der Waals surface area contributed by atoms with Gasteiger partial charge in [-0.05, 0) is 0 Å². The summed E-state index contributed by atoms with van der Waals surface area (Å²) in [5.41, 5.74) is -1.43. The van der Waals surface area contributed by atoms with Gasteiger partial charge in [0, 0.05) is 5.56 Å². The molecule has 1 aromatic rings. The molecule has 4 heteroatoms. The lowest BCUT2D eigenvalue weighted by molar-refractivity contribution is 0.113. The summed E-state index contributed by atoms with van der Waals surface area (Å²) in [4.78, 5) is -1.17. The second-order valence-corrected chi connectivity index (χ2v) is 3.64. The lowest BCUT2D eigenvalue weighted by Crippen LogP contribution is -2.30. The highest BCUT2D eigenvalue weighted by molar-refractivity contribution is 6.45. The van der Waals surface area contributed by atoms with E-state index < -0.39 is 10.4 Å².